The number of nitrogens with zero attached hydrogens (tertiary/aromatic N) is 2. The number of fused-ring (bicyclic) bond motifs is 1. The Morgan fingerprint density at radius 1 is 1.24 bits per heavy atom. The summed E-state index contributed by atoms with van der Waals surface area (Å²) in [6.45, 7) is 1.13. The summed E-state index contributed by atoms with van der Waals surface area (Å²) < 4.78 is 16.0. The largest absolute Gasteiger partial charge is 0.493 e. The minimum absolute atomic E-state index is 0.255. The van der Waals surface area contributed by atoms with Crippen molar-refractivity contribution in [3.63, 3.8) is 0 Å². The third kappa shape index (κ3) is 3.70. The Morgan fingerprint density at radius 3 is 2.56 bits per heavy atom. The number of rotatable bonds is 6. The second kappa shape index (κ2) is 7.65. The molecule has 0 saturated carbocycles. The van der Waals surface area contributed by atoms with Crippen LogP contribution in [0.3, 0.4) is 0 Å². The molecule has 1 heterocycles. The Balaban J connectivity index is 2.37. The molecule has 1 amide bonds. The number of carbonyl (C=O) groups excluding carboxylic acids is 2. The van der Waals surface area contributed by atoms with Crippen molar-refractivity contribution in [3.8, 4) is 11.5 Å². The molecule has 9 nitrogen and oxygen atoms in total. The van der Waals surface area contributed by atoms with Gasteiger partial charge in [0, 0.05) is 5.39 Å². The van der Waals surface area contributed by atoms with Crippen molar-refractivity contribution in [1.29, 1.82) is 0 Å². The fourth-order valence-electron chi connectivity index (χ4n) is 2.36. The molecule has 2 rings (SSSR count). The summed E-state index contributed by atoms with van der Waals surface area (Å²) in [6, 6.07) is 2.51. The number of esters is 1. The summed E-state index contributed by atoms with van der Waals surface area (Å²) in [7, 11) is 4.11. The third-order valence-corrected chi connectivity index (χ3v) is 3.59. The van der Waals surface area contributed by atoms with Gasteiger partial charge in [0.25, 0.3) is 5.56 Å². The molecule has 1 N–H and O–H groups in total. The standard InChI is InChI=1S/C16H19N3O6/c1-9(16(22)25-4)18-12(20)8-19-15(21)13-10(7-17-19)5-6-11(23-2)14(13)24-3/h5-7,9H,8H2,1-4H3,(H,18,20)/t9-/m0/s1. The average Bonchev–Trinajstić information content (AvgIpc) is 2.62. The van der Waals surface area contributed by atoms with Crippen LogP contribution in [-0.4, -0.2) is 49.0 Å². The molecule has 0 aliphatic carbocycles. The molecule has 0 unspecified atom stereocenters. The first-order chi connectivity index (χ1) is 11.9. The minimum atomic E-state index is -0.830. The first kappa shape index (κ1) is 18.2. The van der Waals surface area contributed by atoms with Crippen molar-refractivity contribution in [1.82, 2.24) is 15.1 Å². The fraction of sp³-hybridized carbons (Fsp3) is 0.375. The van der Waals surface area contributed by atoms with Crippen LogP contribution in [0.15, 0.2) is 23.1 Å². The van der Waals surface area contributed by atoms with Crippen molar-refractivity contribution >= 4 is 22.6 Å². The maximum atomic E-state index is 12.7. The lowest BCUT2D eigenvalue weighted by atomic mass is 10.1. The van der Waals surface area contributed by atoms with Crippen LogP contribution in [0, 0.1) is 0 Å². The highest BCUT2D eigenvalue weighted by atomic mass is 16.5. The highest BCUT2D eigenvalue weighted by Gasteiger charge is 2.19. The maximum absolute atomic E-state index is 12.7. The van der Waals surface area contributed by atoms with Gasteiger partial charge in [0.1, 0.15) is 12.6 Å². The van der Waals surface area contributed by atoms with E-state index < -0.39 is 23.5 Å². The van der Waals surface area contributed by atoms with E-state index in [1.807, 2.05) is 0 Å². The first-order valence-electron chi connectivity index (χ1n) is 7.41. The van der Waals surface area contributed by atoms with Crippen LogP contribution in [0.1, 0.15) is 6.92 Å². The molecule has 1 aromatic carbocycles. The zero-order valence-corrected chi connectivity index (χ0v) is 14.4. The van der Waals surface area contributed by atoms with Gasteiger partial charge >= 0.3 is 5.97 Å². The minimum Gasteiger partial charge on any atom is -0.493 e. The molecular formula is C16H19N3O6. The first-order valence-corrected chi connectivity index (χ1v) is 7.41. The predicted molar refractivity (Wildman–Crippen MR) is 88.7 cm³/mol. The summed E-state index contributed by atoms with van der Waals surface area (Å²) in [5, 5.41) is 7.23. The molecule has 0 radical (unpaired) electrons. The monoisotopic (exact) mass is 349 g/mol. The SMILES string of the molecule is COC(=O)[C@H](C)NC(=O)Cn1ncc2ccc(OC)c(OC)c2c1=O. The molecule has 0 spiro atoms. The predicted octanol–water partition coefficient (Wildman–Crippen LogP) is 0.0914. The molecule has 0 aliphatic heterocycles. The fourth-order valence-corrected chi connectivity index (χ4v) is 2.36. The van der Waals surface area contributed by atoms with Crippen LogP contribution in [0.25, 0.3) is 10.8 Å². The zero-order chi connectivity index (χ0) is 18.6. The van der Waals surface area contributed by atoms with Crippen LogP contribution in [0.2, 0.25) is 0 Å². The lowest BCUT2D eigenvalue weighted by Crippen LogP contribution is -2.42. The van der Waals surface area contributed by atoms with Crippen molar-refractivity contribution in [3.05, 3.63) is 28.7 Å². The van der Waals surface area contributed by atoms with Crippen molar-refractivity contribution < 1.29 is 23.8 Å². The van der Waals surface area contributed by atoms with E-state index in [-0.39, 0.29) is 17.7 Å². The Morgan fingerprint density at radius 2 is 1.96 bits per heavy atom. The molecule has 0 bridgehead atoms. The van der Waals surface area contributed by atoms with Gasteiger partial charge in [-0.1, -0.05) is 0 Å². The van der Waals surface area contributed by atoms with E-state index in [0.29, 0.717) is 11.1 Å². The number of amides is 1. The van der Waals surface area contributed by atoms with Gasteiger partial charge in [-0.2, -0.15) is 5.10 Å². The normalized spacial score (nSPS) is 11.7. The summed E-state index contributed by atoms with van der Waals surface area (Å²) in [4.78, 5) is 36.1. The van der Waals surface area contributed by atoms with Gasteiger partial charge in [-0.3, -0.25) is 9.59 Å². The molecule has 25 heavy (non-hydrogen) atoms. The number of ether oxygens (including phenoxy) is 3. The number of hydrogen-bond acceptors (Lipinski definition) is 7. The molecule has 0 fully saturated rings. The molecule has 134 valence electrons. The molecule has 0 aliphatic rings. The number of benzene rings is 1. The molecule has 9 heteroatoms. The van der Waals surface area contributed by atoms with Gasteiger partial charge in [0.05, 0.1) is 32.9 Å². The Kier molecular flexibility index (Phi) is 5.58. The molecular weight excluding hydrogens is 330 g/mol. The Hall–Kier alpha value is -3.10. The number of nitrogens with one attached hydrogen (secondary N) is 1. The second-order valence-electron chi connectivity index (χ2n) is 5.19. The highest BCUT2D eigenvalue weighted by molar-refractivity contribution is 5.89. The van der Waals surface area contributed by atoms with E-state index in [0.717, 1.165) is 4.68 Å². The van der Waals surface area contributed by atoms with E-state index in [1.165, 1.54) is 34.4 Å². The molecule has 1 atom stereocenters. The van der Waals surface area contributed by atoms with Crippen LogP contribution in [0.5, 0.6) is 11.5 Å². The van der Waals surface area contributed by atoms with Crippen molar-refractivity contribution in [2.45, 2.75) is 19.5 Å². The van der Waals surface area contributed by atoms with Gasteiger partial charge in [-0.05, 0) is 19.1 Å². The van der Waals surface area contributed by atoms with Crippen molar-refractivity contribution in [2.24, 2.45) is 0 Å². The molecule has 2 aromatic rings. The van der Waals surface area contributed by atoms with Crippen LogP contribution >= 0.6 is 0 Å². The van der Waals surface area contributed by atoms with Crippen molar-refractivity contribution in [2.75, 3.05) is 21.3 Å². The summed E-state index contributed by atoms with van der Waals surface area (Å²) in [5.41, 5.74) is -0.505. The van der Waals surface area contributed by atoms with Crippen LogP contribution < -0.4 is 20.3 Å². The molecule has 1 aromatic heterocycles. The zero-order valence-electron chi connectivity index (χ0n) is 14.4. The number of aromatic nitrogens is 2. The van der Waals surface area contributed by atoms with E-state index in [4.69, 9.17) is 9.47 Å². The summed E-state index contributed by atoms with van der Waals surface area (Å²) >= 11 is 0. The van der Waals surface area contributed by atoms with Gasteiger partial charge in [0.15, 0.2) is 11.5 Å². The average molecular weight is 349 g/mol. The van der Waals surface area contributed by atoms with E-state index in [1.54, 1.807) is 12.1 Å². The van der Waals surface area contributed by atoms with E-state index >= 15 is 0 Å². The number of methoxy groups -OCH3 is 3. The number of carbonyl (C=O) groups is 2. The Bertz CT molecular complexity index is 861. The van der Waals surface area contributed by atoms with Gasteiger partial charge in [0.2, 0.25) is 5.91 Å². The quantitative estimate of drug-likeness (QED) is 0.736. The Labute approximate surface area is 143 Å². The van der Waals surface area contributed by atoms with Crippen LogP contribution in [-0.2, 0) is 20.9 Å². The lowest BCUT2D eigenvalue weighted by molar-refractivity contribution is -0.144. The van der Waals surface area contributed by atoms with Gasteiger partial charge < -0.3 is 19.5 Å². The number of hydrogen-bond donors (Lipinski definition) is 1. The summed E-state index contributed by atoms with van der Waals surface area (Å²) in [6.07, 6.45) is 1.45. The second-order valence-corrected chi connectivity index (χ2v) is 5.19. The topological polar surface area (TPSA) is 109 Å². The maximum Gasteiger partial charge on any atom is 0.328 e. The van der Waals surface area contributed by atoms with Crippen LogP contribution in [0.4, 0.5) is 0 Å². The van der Waals surface area contributed by atoms with E-state index in [9.17, 15) is 14.4 Å². The smallest absolute Gasteiger partial charge is 0.328 e. The van der Waals surface area contributed by atoms with Gasteiger partial charge in [-0.25, -0.2) is 9.48 Å². The third-order valence-electron chi connectivity index (χ3n) is 3.59. The summed E-state index contributed by atoms with van der Waals surface area (Å²) in [5.74, 6) is -0.467. The molecule has 0 saturated heterocycles. The van der Waals surface area contributed by atoms with Gasteiger partial charge in [-0.15, -0.1) is 0 Å². The highest BCUT2D eigenvalue weighted by Crippen LogP contribution is 2.32. The van der Waals surface area contributed by atoms with E-state index in [2.05, 4.69) is 15.2 Å². The lowest BCUT2D eigenvalue weighted by Gasteiger charge is -2.13.